The topological polar surface area (TPSA) is 93.7 Å². The van der Waals surface area contributed by atoms with Gasteiger partial charge in [-0.15, -0.1) is 0 Å². The molecule has 172 valence electrons. The first-order chi connectivity index (χ1) is 15.2. The lowest BCUT2D eigenvalue weighted by atomic mass is 9.95. The van der Waals surface area contributed by atoms with Gasteiger partial charge in [0, 0.05) is 6.42 Å². The summed E-state index contributed by atoms with van der Waals surface area (Å²) in [5.41, 5.74) is 3.86. The summed E-state index contributed by atoms with van der Waals surface area (Å²) in [6, 6.07) is 13.4. The number of aryl methyl sites for hydroxylation is 2. The molecule has 0 radical (unpaired) electrons. The Balaban J connectivity index is 2.07. The van der Waals surface area contributed by atoms with Crippen LogP contribution in [0.2, 0.25) is 0 Å². The van der Waals surface area contributed by atoms with E-state index in [9.17, 15) is 14.4 Å². The highest BCUT2D eigenvalue weighted by atomic mass is 16.5. The predicted molar refractivity (Wildman–Crippen MR) is 122 cm³/mol. The maximum Gasteiger partial charge on any atom is 0.408 e. The van der Waals surface area contributed by atoms with Crippen molar-refractivity contribution in [3.05, 3.63) is 70.8 Å². The lowest BCUT2D eigenvalue weighted by Gasteiger charge is -2.25. The van der Waals surface area contributed by atoms with Gasteiger partial charge in [-0.3, -0.25) is 4.79 Å². The van der Waals surface area contributed by atoms with E-state index in [4.69, 9.17) is 9.47 Å². The van der Waals surface area contributed by atoms with E-state index in [0.717, 1.165) is 22.3 Å². The minimum atomic E-state index is -0.879. The fraction of sp³-hybridized carbons (Fsp3) is 0.400. The van der Waals surface area contributed by atoms with Crippen LogP contribution in [0.1, 0.15) is 36.1 Å². The maximum absolute atomic E-state index is 13.0. The smallest absolute Gasteiger partial charge is 0.408 e. The van der Waals surface area contributed by atoms with Crippen molar-refractivity contribution in [3.8, 4) is 0 Å². The number of benzene rings is 2. The molecule has 0 fully saturated rings. The second kappa shape index (κ2) is 11.9. The van der Waals surface area contributed by atoms with E-state index in [0.29, 0.717) is 6.42 Å². The van der Waals surface area contributed by atoms with Crippen molar-refractivity contribution < 1.29 is 23.9 Å². The summed E-state index contributed by atoms with van der Waals surface area (Å²) in [7, 11) is 1.28. The van der Waals surface area contributed by atoms with Crippen LogP contribution in [0.3, 0.4) is 0 Å². The molecule has 0 aliphatic carbocycles. The molecule has 2 aromatic carbocycles. The average Bonchev–Trinajstić information content (AvgIpc) is 2.77. The number of ether oxygens (including phenoxy) is 2. The van der Waals surface area contributed by atoms with E-state index in [2.05, 4.69) is 10.6 Å². The first kappa shape index (κ1) is 24.9. The van der Waals surface area contributed by atoms with E-state index in [1.807, 2.05) is 62.4 Å². The number of alkyl carbamates (subject to hydrolysis) is 1. The Hall–Kier alpha value is -3.35. The van der Waals surface area contributed by atoms with Crippen LogP contribution in [0, 0.1) is 19.8 Å². The molecule has 0 spiro atoms. The van der Waals surface area contributed by atoms with Gasteiger partial charge in [0.2, 0.25) is 5.91 Å². The van der Waals surface area contributed by atoms with Gasteiger partial charge < -0.3 is 20.1 Å². The zero-order valence-corrected chi connectivity index (χ0v) is 19.3. The van der Waals surface area contributed by atoms with Crippen LogP contribution in [0.25, 0.3) is 0 Å². The van der Waals surface area contributed by atoms with E-state index in [1.54, 1.807) is 13.8 Å². The van der Waals surface area contributed by atoms with E-state index < -0.39 is 30.1 Å². The molecule has 0 aromatic heterocycles. The summed E-state index contributed by atoms with van der Waals surface area (Å²) in [6.45, 7) is 7.62. The van der Waals surface area contributed by atoms with Crippen LogP contribution >= 0.6 is 0 Å². The van der Waals surface area contributed by atoms with Gasteiger partial charge in [-0.05, 0) is 42.0 Å². The lowest BCUT2D eigenvalue weighted by molar-refractivity contribution is -0.145. The molecule has 0 heterocycles. The van der Waals surface area contributed by atoms with Gasteiger partial charge in [-0.2, -0.15) is 0 Å². The van der Waals surface area contributed by atoms with Crippen molar-refractivity contribution >= 4 is 18.0 Å². The second-order valence-corrected chi connectivity index (χ2v) is 8.09. The summed E-state index contributed by atoms with van der Waals surface area (Å²) < 4.78 is 10.1. The zero-order valence-electron chi connectivity index (χ0n) is 19.3. The van der Waals surface area contributed by atoms with Crippen molar-refractivity contribution in [2.75, 3.05) is 7.11 Å². The molecular formula is C25H32N2O5. The monoisotopic (exact) mass is 440 g/mol. The van der Waals surface area contributed by atoms with Gasteiger partial charge in [-0.25, -0.2) is 9.59 Å². The van der Waals surface area contributed by atoms with Gasteiger partial charge in [0.15, 0.2) is 0 Å². The third-order valence-electron chi connectivity index (χ3n) is 5.29. The molecule has 0 saturated carbocycles. The number of methoxy groups -OCH3 is 1. The molecule has 2 rings (SSSR count). The predicted octanol–water partition coefficient (Wildman–Crippen LogP) is 3.45. The van der Waals surface area contributed by atoms with E-state index >= 15 is 0 Å². The molecule has 0 aliphatic heterocycles. The summed E-state index contributed by atoms with van der Waals surface area (Å²) in [5.74, 6) is -1.24. The largest absolute Gasteiger partial charge is 0.467 e. The van der Waals surface area contributed by atoms with Crippen LogP contribution in [0.5, 0.6) is 0 Å². The third kappa shape index (κ3) is 7.11. The molecule has 0 aliphatic rings. The van der Waals surface area contributed by atoms with Crippen LogP contribution in [-0.4, -0.2) is 37.2 Å². The standard InChI is InChI=1S/C25H32N2O5/c1-16(2)22(27-25(30)32-15-19-12-7-6-8-13-19)23(28)26-21(24(29)31-5)14-20-17(3)10-9-11-18(20)4/h6-13,16,21-22H,14-15H2,1-5H3,(H,26,28)(H,27,30)/t21-,22-/m0/s1. The molecule has 0 saturated heterocycles. The Kier molecular flexibility index (Phi) is 9.25. The molecule has 0 unspecified atom stereocenters. The van der Waals surface area contributed by atoms with Crippen LogP contribution in [0.15, 0.2) is 48.5 Å². The number of hydrogen-bond donors (Lipinski definition) is 2. The number of esters is 1. The first-order valence-corrected chi connectivity index (χ1v) is 10.6. The molecular weight excluding hydrogens is 408 g/mol. The van der Waals surface area contributed by atoms with Gasteiger partial charge in [-0.1, -0.05) is 62.4 Å². The molecule has 2 N–H and O–H groups in total. The number of rotatable bonds is 9. The Bertz CT molecular complexity index is 907. The van der Waals surface area contributed by atoms with Crippen molar-refractivity contribution in [2.45, 2.75) is 52.8 Å². The van der Waals surface area contributed by atoms with Crippen molar-refractivity contribution in [1.82, 2.24) is 10.6 Å². The van der Waals surface area contributed by atoms with Crippen molar-refractivity contribution in [1.29, 1.82) is 0 Å². The van der Waals surface area contributed by atoms with Gasteiger partial charge >= 0.3 is 12.1 Å². The normalized spacial score (nSPS) is 12.6. The van der Waals surface area contributed by atoms with Crippen molar-refractivity contribution in [3.63, 3.8) is 0 Å². The van der Waals surface area contributed by atoms with Gasteiger partial charge in [0.25, 0.3) is 0 Å². The minimum absolute atomic E-state index is 0.0937. The fourth-order valence-corrected chi connectivity index (χ4v) is 3.40. The number of nitrogens with one attached hydrogen (secondary N) is 2. The average molecular weight is 441 g/mol. The summed E-state index contributed by atoms with van der Waals surface area (Å²) in [6.07, 6.45) is -0.410. The van der Waals surface area contributed by atoms with E-state index in [-0.39, 0.29) is 12.5 Å². The highest BCUT2D eigenvalue weighted by Crippen LogP contribution is 2.16. The zero-order chi connectivity index (χ0) is 23.7. The van der Waals surface area contributed by atoms with Crippen LogP contribution in [0.4, 0.5) is 4.79 Å². The Morgan fingerprint density at radius 1 is 0.906 bits per heavy atom. The summed E-state index contributed by atoms with van der Waals surface area (Å²) in [5, 5.41) is 5.36. The molecule has 2 aromatic rings. The number of carbonyl (C=O) groups excluding carboxylic acids is 3. The number of amides is 2. The molecule has 7 nitrogen and oxygen atoms in total. The Morgan fingerprint density at radius 3 is 2.09 bits per heavy atom. The Labute approximate surface area is 189 Å². The van der Waals surface area contributed by atoms with Crippen LogP contribution in [-0.2, 0) is 32.1 Å². The Morgan fingerprint density at radius 2 is 1.53 bits per heavy atom. The maximum atomic E-state index is 13.0. The van der Waals surface area contributed by atoms with Gasteiger partial charge in [0.05, 0.1) is 7.11 Å². The molecule has 7 heteroatoms. The number of carbonyl (C=O) groups is 3. The van der Waals surface area contributed by atoms with E-state index in [1.165, 1.54) is 7.11 Å². The fourth-order valence-electron chi connectivity index (χ4n) is 3.40. The second-order valence-electron chi connectivity index (χ2n) is 8.09. The van der Waals surface area contributed by atoms with Crippen molar-refractivity contribution in [2.24, 2.45) is 5.92 Å². The minimum Gasteiger partial charge on any atom is -0.467 e. The summed E-state index contributed by atoms with van der Waals surface area (Å²) in [4.78, 5) is 37.7. The molecule has 2 amide bonds. The highest BCUT2D eigenvalue weighted by Gasteiger charge is 2.30. The first-order valence-electron chi connectivity index (χ1n) is 10.6. The molecule has 32 heavy (non-hydrogen) atoms. The quantitative estimate of drug-likeness (QED) is 0.583. The third-order valence-corrected chi connectivity index (χ3v) is 5.29. The number of hydrogen-bond acceptors (Lipinski definition) is 5. The van der Waals surface area contributed by atoms with Crippen LogP contribution < -0.4 is 10.6 Å². The highest BCUT2D eigenvalue weighted by molar-refractivity contribution is 5.90. The SMILES string of the molecule is COC(=O)[C@H](Cc1c(C)cccc1C)NC(=O)[C@@H](NC(=O)OCc1ccccc1)C(C)C. The lowest BCUT2D eigenvalue weighted by Crippen LogP contribution is -2.54. The summed E-state index contributed by atoms with van der Waals surface area (Å²) >= 11 is 0. The molecule has 0 bridgehead atoms. The van der Waals surface area contributed by atoms with Gasteiger partial charge in [0.1, 0.15) is 18.7 Å². The molecule has 2 atom stereocenters.